The lowest BCUT2D eigenvalue weighted by molar-refractivity contribution is 1.18. The van der Waals surface area contributed by atoms with Gasteiger partial charge < -0.3 is 9.47 Å². The van der Waals surface area contributed by atoms with Crippen LogP contribution in [0, 0.1) is 0 Å². The van der Waals surface area contributed by atoms with Gasteiger partial charge in [0, 0.05) is 33.2 Å². The molecule has 0 unspecified atom stereocenters. The van der Waals surface area contributed by atoms with Crippen molar-refractivity contribution in [3.63, 3.8) is 0 Å². The minimum absolute atomic E-state index is 1.11. The van der Waals surface area contributed by atoms with Crippen molar-refractivity contribution in [1.82, 2.24) is 4.57 Å². The van der Waals surface area contributed by atoms with Crippen LogP contribution >= 0.6 is 0 Å². The molecular weight excluding hydrogens is 605 g/mol. The normalized spacial score (nSPS) is 11.6. The Balaban J connectivity index is 1.28. The fraction of sp³-hybridized carbons (Fsp3) is 0. The van der Waals surface area contributed by atoms with Crippen LogP contribution in [0.5, 0.6) is 0 Å². The predicted octanol–water partition coefficient (Wildman–Crippen LogP) is 13.4. The zero-order valence-electron chi connectivity index (χ0n) is 27.4. The van der Waals surface area contributed by atoms with Crippen LogP contribution in [0.3, 0.4) is 0 Å². The van der Waals surface area contributed by atoms with Crippen LogP contribution < -0.4 is 4.90 Å². The molecule has 10 aromatic rings. The van der Waals surface area contributed by atoms with Crippen LogP contribution in [-0.4, -0.2) is 4.57 Å². The van der Waals surface area contributed by atoms with E-state index in [1.807, 2.05) is 0 Å². The summed E-state index contributed by atoms with van der Waals surface area (Å²) in [5, 5.41) is 9.98. The van der Waals surface area contributed by atoms with Crippen molar-refractivity contribution in [2.45, 2.75) is 0 Å². The largest absolute Gasteiger partial charge is 0.310 e. The maximum absolute atomic E-state index is 2.45. The Morgan fingerprint density at radius 2 is 0.900 bits per heavy atom. The van der Waals surface area contributed by atoms with E-state index in [0.717, 1.165) is 22.7 Å². The molecule has 0 fully saturated rings. The van der Waals surface area contributed by atoms with Gasteiger partial charge in [0.15, 0.2) is 0 Å². The predicted molar refractivity (Wildman–Crippen MR) is 213 cm³/mol. The molecule has 234 valence electrons. The topological polar surface area (TPSA) is 8.17 Å². The first-order chi connectivity index (χ1) is 24.8. The minimum Gasteiger partial charge on any atom is -0.310 e. The Labute approximate surface area is 290 Å². The van der Waals surface area contributed by atoms with Crippen LogP contribution in [0.15, 0.2) is 194 Å². The maximum atomic E-state index is 2.45. The summed E-state index contributed by atoms with van der Waals surface area (Å²) in [6, 6.07) is 70.5. The summed E-state index contributed by atoms with van der Waals surface area (Å²) in [6.45, 7) is 0. The highest BCUT2D eigenvalue weighted by Crippen LogP contribution is 2.45. The monoisotopic (exact) mass is 636 g/mol. The fourth-order valence-corrected chi connectivity index (χ4v) is 7.85. The quantitative estimate of drug-likeness (QED) is 0.171. The number of benzene rings is 9. The van der Waals surface area contributed by atoms with Gasteiger partial charge in [-0.3, -0.25) is 0 Å². The van der Waals surface area contributed by atoms with Gasteiger partial charge in [0.1, 0.15) is 0 Å². The van der Waals surface area contributed by atoms with Crippen molar-refractivity contribution in [2.24, 2.45) is 0 Å². The van der Waals surface area contributed by atoms with Crippen molar-refractivity contribution in [3.05, 3.63) is 194 Å². The Bertz CT molecular complexity index is 2830. The second-order valence-corrected chi connectivity index (χ2v) is 13.0. The van der Waals surface area contributed by atoms with Gasteiger partial charge in [-0.15, -0.1) is 0 Å². The molecule has 0 atom stereocenters. The van der Waals surface area contributed by atoms with E-state index in [1.165, 1.54) is 65.3 Å². The first kappa shape index (κ1) is 28.4. The molecule has 0 aliphatic rings. The van der Waals surface area contributed by atoms with E-state index in [0.29, 0.717) is 0 Å². The molecule has 9 aromatic carbocycles. The third-order valence-electron chi connectivity index (χ3n) is 10.1. The van der Waals surface area contributed by atoms with E-state index < -0.39 is 0 Å². The van der Waals surface area contributed by atoms with Crippen molar-refractivity contribution in [3.8, 4) is 16.8 Å². The zero-order chi connectivity index (χ0) is 33.0. The molecule has 2 nitrogen and oxygen atoms in total. The number of aromatic nitrogens is 1. The van der Waals surface area contributed by atoms with Crippen LogP contribution in [-0.2, 0) is 0 Å². The summed E-state index contributed by atoms with van der Waals surface area (Å²) in [5.74, 6) is 0. The van der Waals surface area contributed by atoms with Crippen LogP contribution in [0.1, 0.15) is 0 Å². The summed E-state index contributed by atoms with van der Waals surface area (Å²) in [7, 11) is 0. The Morgan fingerprint density at radius 3 is 1.68 bits per heavy atom. The molecule has 2 heteroatoms. The second-order valence-electron chi connectivity index (χ2n) is 13.0. The van der Waals surface area contributed by atoms with Gasteiger partial charge in [0.2, 0.25) is 0 Å². The molecular formula is C48H32N2. The van der Waals surface area contributed by atoms with E-state index in [1.54, 1.807) is 0 Å². The Kier molecular flexibility index (Phi) is 6.53. The van der Waals surface area contributed by atoms with Crippen molar-refractivity contribution >= 4 is 71.2 Å². The zero-order valence-corrected chi connectivity index (χ0v) is 27.4. The van der Waals surface area contributed by atoms with Gasteiger partial charge in [-0.1, -0.05) is 146 Å². The van der Waals surface area contributed by atoms with E-state index in [2.05, 4.69) is 204 Å². The van der Waals surface area contributed by atoms with Gasteiger partial charge in [0.05, 0.1) is 16.7 Å². The van der Waals surface area contributed by atoms with Gasteiger partial charge in [-0.25, -0.2) is 0 Å². The maximum Gasteiger partial charge on any atom is 0.0561 e. The fourth-order valence-electron chi connectivity index (χ4n) is 7.85. The average molecular weight is 637 g/mol. The second kappa shape index (κ2) is 11.5. The molecule has 0 bridgehead atoms. The number of anilines is 3. The van der Waals surface area contributed by atoms with Crippen molar-refractivity contribution in [2.75, 3.05) is 4.90 Å². The third-order valence-corrected chi connectivity index (χ3v) is 10.1. The first-order valence-corrected chi connectivity index (χ1v) is 17.2. The molecule has 10 rings (SSSR count). The molecule has 1 aromatic heterocycles. The van der Waals surface area contributed by atoms with E-state index >= 15 is 0 Å². The Hall–Kier alpha value is -6.64. The molecule has 0 saturated heterocycles. The summed E-state index contributed by atoms with van der Waals surface area (Å²) >= 11 is 0. The summed E-state index contributed by atoms with van der Waals surface area (Å²) in [5.41, 5.74) is 9.30. The number of nitrogens with zero attached hydrogens (tertiary/aromatic N) is 2. The van der Waals surface area contributed by atoms with Crippen LogP contribution in [0.25, 0.3) is 70.9 Å². The minimum atomic E-state index is 1.11. The number of rotatable bonds is 5. The molecule has 0 aliphatic heterocycles. The molecule has 0 saturated carbocycles. The standard InChI is InChI=1S/C48H32N2/c1-3-13-33(14-4-1)34-23-26-38(27-24-34)49(46-31-36-16-8-10-20-41(36)48-40-19-9-7-15-35(40)25-29-44(46)48)39-28-30-43-42-21-11-12-22-45(42)50(47(43)32-39)37-17-5-2-6-18-37/h1-32H. The van der Waals surface area contributed by atoms with E-state index in [4.69, 9.17) is 0 Å². The number of hydrogen-bond acceptors (Lipinski definition) is 1. The van der Waals surface area contributed by atoms with Gasteiger partial charge in [-0.05, 0) is 86.6 Å². The lowest BCUT2D eigenvalue weighted by Gasteiger charge is -2.28. The highest BCUT2D eigenvalue weighted by atomic mass is 15.1. The first-order valence-electron chi connectivity index (χ1n) is 17.2. The Morgan fingerprint density at radius 1 is 0.340 bits per heavy atom. The smallest absolute Gasteiger partial charge is 0.0561 e. The van der Waals surface area contributed by atoms with E-state index in [-0.39, 0.29) is 0 Å². The summed E-state index contributed by atoms with van der Waals surface area (Å²) in [4.78, 5) is 2.45. The van der Waals surface area contributed by atoms with Crippen molar-refractivity contribution in [1.29, 1.82) is 0 Å². The number of para-hydroxylation sites is 2. The highest BCUT2D eigenvalue weighted by molar-refractivity contribution is 6.24. The molecule has 0 aliphatic carbocycles. The molecule has 0 amide bonds. The molecule has 50 heavy (non-hydrogen) atoms. The third kappa shape index (κ3) is 4.50. The lowest BCUT2D eigenvalue weighted by atomic mass is 9.94. The highest BCUT2D eigenvalue weighted by Gasteiger charge is 2.21. The lowest BCUT2D eigenvalue weighted by Crippen LogP contribution is -2.11. The number of hydrogen-bond donors (Lipinski definition) is 0. The SMILES string of the molecule is c1ccc(-c2ccc(N(c3ccc4c5ccccc5n(-c5ccccc5)c4c3)c3cc4ccccc4c4c3ccc3ccccc34)cc2)cc1. The van der Waals surface area contributed by atoms with Crippen LogP contribution in [0.2, 0.25) is 0 Å². The molecule has 0 spiro atoms. The number of fused-ring (bicyclic) bond motifs is 8. The molecule has 0 radical (unpaired) electrons. The van der Waals surface area contributed by atoms with Gasteiger partial charge in [-0.2, -0.15) is 0 Å². The molecule has 1 heterocycles. The summed E-state index contributed by atoms with van der Waals surface area (Å²) in [6.07, 6.45) is 0. The summed E-state index contributed by atoms with van der Waals surface area (Å²) < 4.78 is 2.40. The van der Waals surface area contributed by atoms with E-state index in [9.17, 15) is 0 Å². The van der Waals surface area contributed by atoms with Crippen molar-refractivity contribution < 1.29 is 0 Å². The average Bonchev–Trinajstić information content (AvgIpc) is 3.52. The van der Waals surface area contributed by atoms with Gasteiger partial charge in [0.25, 0.3) is 0 Å². The van der Waals surface area contributed by atoms with Crippen LogP contribution in [0.4, 0.5) is 17.1 Å². The van der Waals surface area contributed by atoms with Gasteiger partial charge >= 0.3 is 0 Å². The molecule has 0 N–H and O–H groups in total.